The standard InChI is InChI=1S/C13H15BrClN3O3/c1-13(17-12(20)21-2)3-4-18(7-13)10-8(6-19)5-16-11(15)9(10)14/h5-6H,3-4,7H2,1-2H3,(H,17,20)/t13-/m0/s1. The summed E-state index contributed by atoms with van der Waals surface area (Å²) in [5.74, 6) is 0. The minimum Gasteiger partial charge on any atom is -0.453 e. The van der Waals surface area contributed by atoms with Gasteiger partial charge in [-0.15, -0.1) is 0 Å². The largest absolute Gasteiger partial charge is 0.453 e. The van der Waals surface area contributed by atoms with E-state index in [1.54, 1.807) is 0 Å². The molecule has 1 aromatic heterocycles. The van der Waals surface area contributed by atoms with E-state index in [0.717, 1.165) is 12.7 Å². The molecule has 0 radical (unpaired) electrons. The highest BCUT2D eigenvalue weighted by molar-refractivity contribution is 9.10. The van der Waals surface area contributed by atoms with Crippen molar-refractivity contribution in [2.45, 2.75) is 18.9 Å². The van der Waals surface area contributed by atoms with E-state index >= 15 is 0 Å². The summed E-state index contributed by atoms with van der Waals surface area (Å²) in [5, 5.41) is 3.12. The van der Waals surface area contributed by atoms with Gasteiger partial charge >= 0.3 is 6.09 Å². The second kappa shape index (κ2) is 6.19. The molecule has 8 heteroatoms. The molecule has 0 bridgehead atoms. The molecule has 2 rings (SSSR count). The van der Waals surface area contributed by atoms with Crippen LogP contribution in [-0.4, -0.2) is 43.1 Å². The Kier molecular flexibility index (Phi) is 4.73. The number of alkyl carbamates (subject to hydrolysis) is 1. The van der Waals surface area contributed by atoms with Crippen LogP contribution in [0.2, 0.25) is 5.15 Å². The molecule has 0 unspecified atom stereocenters. The number of halogens is 2. The summed E-state index contributed by atoms with van der Waals surface area (Å²) in [6.07, 6.45) is 2.44. The monoisotopic (exact) mass is 375 g/mol. The van der Waals surface area contributed by atoms with Gasteiger partial charge in [-0.1, -0.05) is 11.6 Å². The average molecular weight is 377 g/mol. The lowest BCUT2D eigenvalue weighted by molar-refractivity contribution is 0.112. The van der Waals surface area contributed by atoms with Crippen molar-refractivity contribution >= 4 is 45.6 Å². The van der Waals surface area contributed by atoms with Crippen molar-refractivity contribution in [2.75, 3.05) is 25.1 Å². The number of aldehydes is 1. The molecule has 1 amide bonds. The van der Waals surface area contributed by atoms with Crippen molar-refractivity contribution in [1.29, 1.82) is 0 Å². The lowest BCUT2D eigenvalue weighted by atomic mass is 10.0. The number of anilines is 1. The highest BCUT2D eigenvalue weighted by atomic mass is 79.9. The number of pyridine rings is 1. The minimum atomic E-state index is -0.471. The number of methoxy groups -OCH3 is 1. The fraction of sp³-hybridized carbons (Fsp3) is 0.462. The van der Waals surface area contributed by atoms with Gasteiger partial charge in [-0.25, -0.2) is 9.78 Å². The van der Waals surface area contributed by atoms with E-state index in [0.29, 0.717) is 34.0 Å². The van der Waals surface area contributed by atoms with Gasteiger partial charge in [0.25, 0.3) is 0 Å². The summed E-state index contributed by atoms with van der Waals surface area (Å²) in [6, 6.07) is 0. The van der Waals surface area contributed by atoms with Crippen molar-refractivity contribution < 1.29 is 14.3 Å². The molecule has 114 valence electrons. The predicted octanol–water partition coefficient (Wildman–Crippen LogP) is 2.63. The molecule has 0 spiro atoms. The highest BCUT2D eigenvalue weighted by Crippen LogP contribution is 2.37. The third-order valence-corrected chi connectivity index (χ3v) is 4.75. The van der Waals surface area contributed by atoms with Crippen molar-refractivity contribution in [3.05, 3.63) is 21.4 Å². The van der Waals surface area contributed by atoms with Gasteiger partial charge in [-0.2, -0.15) is 0 Å². The topological polar surface area (TPSA) is 71.5 Å². The number of carbonyl (C=O) groups is 2. The number of amides is 1. The molecule has 1 saturated heterocycles. The van der Waals surface area contributed by atoms with Crippen molar-refractivity contribution in [1.82, 2.24) is 10.3 Å². The Labute approximate surface area is 135 Å². The number of ether oxygens (including phenoxy) is 1. The van der Waals surface area contributed by atoms with Crippen LogP contribution in [-0.2, 0) is 4.74 Å². The second-order valence-corrected chi connectivity index (χ2v) is 6.28. The Balaban J connectivity index is 2.28. The quantitative estimate of drug-likeness (QED) is 0.648. The van der Waals surface area contributed by atoms with Gasteiger partial charge < -0.3 is 15.0 Å². The Bertz CT molecular complexity index is 584. The molecule has 1 aromatic rings. The van der Waals surface area contributed by atoms with E-state index in [2.05, 4.69) is 31.0 Å². The summed E-state index contributed by atoms with van der Waals surface area (Å²) >= 11 is 9.39. The Morgan fingerprint density at radius 2 is 2.38 bits per heavy atom. The van der Waals surface area contributed by atoms with E-state index < -0.39 is 11.6 Å². The van der Waals surface area contributed by atoms with Crippen LogP contribution in [0, 0.1) is 0 Å². The maximum Gasteiger partial charge on any atom is 0.407 e. The van der Waals surface area contributed by atoms with Crippen molar-refractivity contribution in [2.24, 2.45) is 0 Å². The van der Waals surface area contributed by atoms with E-state index in [-0.39, 0.29) is 0 Å². The van der Waals surface area contributed by atoms with Gasteiger partial charge in [0, 0.05) is 19.3 Å². The van der Waals surface area contributed by atoms with Gasteiger partial charge in [0.15, 0.2) is 6.29 Å². The number of rotatable bonds is 3. The van der Waals surface area contributed by atoms with Crippen LogP contribution >= 0.6 is 27.5 Å². The molecule has 2 heterocycles. The smallest absolute Gasteiger partial charge is 0.407 e. The molecule has 1 aliphatic rings. The number of carbonyl (C=O) groups excluding carboxylic acids is 2. The molecular weight excluding hydrogens is 362 g/mol. The van der Waals surface area contributed by atoms with Gasteiger partial charge in [-0.3, -0.25) is 4.79 Å². The number of hydrogen-bond donors (Lipinski definition) is 1. The third kappa shape index (κ3) is 3.29. The Morgan fingerprint density at radius 1 is 1.67 bits per heavy atom. The summed E-state index contributed by atoms with van der Waals surface area (Å²) in [5.41, 5.74) is 0.719. The van der Waals surface area contributed by atoms with Gasteiger partial charge in [-0.05, 0) is 29.3 Å². The fourth-order valence-electron chi connectivity index (χ4n) is 2.43. The lowest BCUT2D eigenvalue weighted by Gasteiger charge is -2.27. The molecule has 1 atom stereocenters. The van der Waals surface area contributed by atoms with Crippen LogP contribution in [0.5, 0.6) is 0 Å². The first-order valence-electron chi connectivity index (χ1n) is 6.30. The van der Waals surface area contributed by atoms with Crippen molar-refractivity contribution in [3.63, 3.8) is 0 Å². The van der Waals surface area contributed by atoms with Crippen LogP contribution in [0.1, 0.15) is 23.7 Å². The van der Waals surface area contributed by atoms with Gasteiger partial charge in [0.05, 0.1) is 28.4 Å². The van der Waals surface area contributed by atoms with Crippen LogP contribution < -0.4 is 10.2 Å². The lowest BCUT2D eigenvalue weighted by Crippen LogP contribution is -2.48. The maximum atomic E-state index is 11.4. The fourth-order valence-corrected chi connectivity index (χ4v) is 3.15. The number of nitrogens with one attached hydrogen (secondary N) is 1. The first kappa shape index (κ1) is 16.0. The molecule has 21 heavy (non-hydrogen) atoms. The van der Waals surface area contributed by atoms with E-state index in [4.69, 9.17) is 11.6 Å². The Morgan fingerprint density at radius 3 is 3.00 bits per heavy atom. The zero-order valence-corrected chi connectivity index (χ0v) is 14.0. The van der Waals surface area contributed by atoms with Crippen LogP contribution in [0.3, 0.4) is 0 Å². The molecule has 1 N–H and O–H groups in total. The first-order valence-corrected chi connectivity index (χ1v) is 7.47. The molecule has 0 aliphatic carbocycles. The van der Waals surface area contributed by atoms with E-state index in [9.17, 15) is 9.59 Å². The van der Waals surface area contributed by atoms with Gasteiger partial charge in [0.2, 0.25) is 0 Å². The summed E-state index contributed by atoms with van der Waals surface area (Å²) in [4.78, 5) is 28.6. The zero-order valence-electron chi connectivity index (χ0n) is 11.7. The molecule has 6 nitrogen and oxygen atoms in total. The molecular formula is C13H15BrClN3O3. The minimum absolute atomic E-state index is 0.296. The Hall–Kier alpha value is -1.34. The third-order valence-electron chi connectivity index (χ3n) is 3.49. The zero-order chi connectivity index (χ0) is 15.6. The summed E-state index contributed by atoms with van der Waals surface area (Å²) in [6.45, 7) is 3.16. The van der Waals surface area contributed by atoms with E-state index in [1.807, 2.05) is 11.8 Å². The molecule has 0 saturated carbocycles. The van der Waals surface area contributed by atoms with Crippen LogP contribution in [0.4, 0.5) is 10.5 Å². The summed E-state index contributed by atoms with van der Waals surface area (Å²) in [7, 11) is 1.33. The number of nitrogens with zero attached hydrogens (tertiary/aromatic N) is 2. The SMILES string of the molecule is COC(=O)N[C@@]1(C)CCN(c2c(C=O)cnc(Cl)c2Br)C1. The number of aromatic nitrogens is 1. The van der Waals surface area contributed by atoms with Crippen LogP contribution in [0.15, 0.2) is 10.7 Å². The van der Waals surface area contributed by atoms with E-state index in [1.165, 1.54) is 13.3 Å². The molecule has 0 aromatic carbocycles. The molecule has 1 fully saturated rings. The van der Waals surface area contributed by atoms with Crippen molar-refractivity contribution in [3.8, 4) is 0 Å². The number of hydrogen-bond acceptors (Lipinski definition) is 5. The summed E-state index contributed by atoms with van der Waals surface area (Å²) < 4.78 is 5.22. The molecule has 1 aliphatic heterocycles. The predicted molar refractivity (Wildman–Crippen MR) is 83.1 cm³/mol. The second-order valence-electron chi connectivity index (χ2n) is 5.13. The van der Waals surface area contributed by atoms with Crippen LogP contribution in [0.25, 0.3) is 0 Å². The highest BCUT2D eigenvalue weighted by Gasteiger charge is 2.37. The maximum absolute atomic E-state index is 11.4. The van der Waals surface area contributed by atoms with Gasteiger partial charge in [0.1, 0.15) is 5.15 Å². The normalized spacial score (nSPS) is 21.2. The average Bonchev–Trinajstić information content (AvgIpc) is 2.83. The first-order chi connectivity index (χ1) is 9.90.